The van der Waals surface area contributed by atoms with Crippen LogP contribution in [-0.2, 0) is 43.0 Å². The second-order valence-corrected chi connectivity index (χ2v) is 18.6. The number of rotatable bonds is 9. The molecule has 0 saturated heterocycles. The molecule has 5 aliphatic carbocycles. The Bertz CT molecular complexity index is 1470. The molecule has 0 unspecified atom stereocenters. The Kier molecular flexibility index (Phi) is 9.87. The van der Waals surface area contributed by atoms with Gasteiger partial charge in [0.2, 0.25) is 0 Å². The van der Waals surface area contributed by atoms with Crippen molar-refractivity contribution in [2.24, 2.45) is 61.8 Å². The van der Waals surface area contributed by atoms with Gasteiger partial charge in [0.05, 0.1) is 25.2 Å². The van der Waals surface area contributed by atoms with E-state index >= 15 is 0 Å². The highest BCUT2D eigenvalue weighted by atomic mass is 32.2. The Hall–Kier alpha value is -2.27. The van der Waals surface area contributed by atoms with Gasteiger partial charge in [-0.15, -0.1) is 0 Å². The monoisotopic (exact) mass is 691 g/mol. The van der Waals surface area contributed by atoms with Crippen LogP contribution in [0.25, 0.3) is 0 Å². The van der Waals surface area contributed by atoms with E-state index in [1.807, 2.05) is 0 Å². The zero-order chi connectivity index (χ0) is 35.5. The predicted molar refractivity (Wildman–Crippen MR) is 181 cm³/mol. The average molecular weight is 692 g/mol. The van der Waals surface area contributed by atoms with E-state index in [0.29, 0.717) is 24.9 Å². The molecular weight excluding hydrogens is 634 g/mol. The van der Waals surface area contributed by atoms with Crippen molar-refractivity contribution >= 4 is 33.7 Å². The lowest BCUT2D eigenvalue weighted by atomic mass is 9.32. The molecule has 0 aliphatic heterocycles. The van der Waals surface area contributed by atoms with Crippen molar-refractivity contribution in [3.63, 3.8) is 0 Å². The first kappa shape index (κ1) is 37.0. The van der Waals surface area contributed by atoms with Crippen molar-refractivity contribution in [1.29, 1.82) is 0 Å². The number of oxime groups is 1. The Morgan fingerprint density at radius 3 is 2.10 bits per heavy atom. The summed E-state index contributed by atoms with van der Waals surface area (Å²) >= 11 is 0. The molecule has 0 aromatic heterocycles. The lowest BCUT2D eigenvalue weighted by Gasteiger charge is -2.72. The molecule has 5 fully saturated rings. The van der Waals surface area contributed by atoms with Gasteiger partial charge in [0, 0.05) is 31.6 Å². The van der Waals surface area contributed by atoms with Crippen LogP contribution in [0.15, 0.2) is 17.3 Å². The van der Waals surface area contributed by atoms with E-state index in [0.717, 1.165) is 75.3 Å². The molecule has 0 N–H and O–H groups in total. The molecule has 0 bridgehead atoms. The van der Waals surface area contributed by atoms with Crippen molar-refractivity contribution in [3.8, 4) is 0 Å². The number of ether oxygens (including phenoxy) is 2. The highest BCUT2D eigenvalue weighted by molar-refractivity contribution is 7.86. The fraction of sp³-hybridized carbons (Fsp3) is 0.838. The summed E-state index contributed by atoms with van der Waals surface area (Å²) in [5.41, 5.74) is 0.824. The van der Waals surface area contributed by atoms with Crippen molar-refractivity contribution in [1.82, 2.24) is 0 Å². The Morgan fingerprint density at radius 2 is 1.48 bits per heavy atom. The molecule has 0 heterocycles. The zero-order valence-electron chi connectivity index (χ0n) is 30.3. The van der Waals surface area contributed by atoms with Crippen LogP contribution in [-0.4, -0.2) is 58.1 Å². The zero-order valence-corrected chi connectivity index (χ0v) is 31.1. The Morgan fingerprint density at radius 1 is 0.812 bits per heavy atom. The summed E-state index contributed by atoms with van der Waals surface area (Å²) in [7, 11) is -3.62. The molecule has 5 saturated carbocycles. The van der Waals surface area contributed by atoms with Crippen molar-refractivity contribution in [3.05, 3.63) is 12.2 Å². The summed E-state index contributed by atoms with van der Waals surface area (Å²) in [6.07, 6.45) is 10.4. The fourth-order valence-electron chi connectivity index (χ4n) is 12.3. The second kappa shape index (κ2) is 12.8. The Balaban J connectivity index is 1.51. The van der Waals surface area contributed by atoms with Gasteiger partial charge in [-0.3, -0.25) is 13.8 Å². The van der Waals surface area contributed by atoms with Crippen LogP contribution >= 0.6 is 0 Å². The standard InChI is InChI=1S/C37H57NO9S/c1-23(20-46-48(9,42)43)27-12-17-37(22-45-25(3)40)19-18-35(7)28(32(27)37)10-11-30-33(5)15-14-31(38-47-26(4)41)34(6,21-44-24(2)39)29(33)13-16-36(30,35)8/h27-30,32H,1,10-22H2,2-9H3/b38-31-/t27-,28+,29+,30+,32+,33-,34-,35+,36+,37+/m0/s1. The number of fused-ring (bicyclic) bond motifs is 7. The highest BCUT2D eigenvalue weighted by Gasteiger charge is 2.71. The van der Waals surface area contributed by atoms with E-state index in [4.69, 9.17) is 18.5 Å². The van der Waals surface area contributed by atoms with Gasteiger partial charge in [0.1, 0.15) is 6.61 Å². The predicted octanol–water partition coefficient (Wildman–Crippen LogP) is 6.63. The molecule has 270 valence electrons. The first-order valence-electron chi connectivity index (χ1n) is 17.8. The second-order valence-electron chi connectivity index (χ2n) is 16.9. The minimum atomic E-state index is -3.62. The lowest BCUT2D eigenvalue weighted by Crippen LogP contribution is -2.67. The van der Waals surface area contributed by atoms with E-state index in [1.54, 1.807) is 0 Å². The van der Waals surface area contributed by atoms with Gasteiger partial charge in [-0.1, -0.05) is 39.4 Å². The lowest BCUT2D eigenvalue weighted by molar-refractivity contribution is -0.234. The molecule has 11 heteroatoms. The smallest absolute Gasteiger partial charge is 0.331 e. The minimum absolute atomic E-state index is 0.00671. The number of hydrogen-bond acceptors (Lipinski definition) is 10. The summed E-state index contributed by atoms with van der Waals surface area (Å²) in [5.74, 6) is 0.163. The molecule has 10 atom stereocenters. The maximum atomic E-state index is 12.1. The molecule has 0 aromatic carbocycles. The van der Waals surface area contributed by atoms with Crippen LogP contribution in [0.5, 0.6) is 0 Å². The summed E-state index contributed by atoms with van der Waals surface area (Å²) in [4.78, 5) is 41.1. The van der Waals surface area contributed by atoms with Crippen molar-refractivity contribution < 1.29 is 41.3 Å². The number of esters is 2. The average Bonchev–Trinajstić information content (AvgIpc) is 3.37. The number of hydrogen-bond donors (Lipinski definition) is 0. The minimum Gasteiger partial charge on any atom is -0.465 e. The third-order valence-corrected chi connectivity index (χ3v) is 15.2. The highest BCUT2D eigenvalue weighted by Crippen LogP contribution is 2.77. The van der Waals surface area contributed by atoms with Crippen LogP contribution in [0.4, 0.5) is 0 Å². The first-order valence-corrected chi connectivity index (χ1v) is 19.6. The third-order valence-electron chi connectivity index (χ3n) is 14.6. The van der Waals surface area contributed by atoms with E-state index in [1.165, 1.54) is 20.8 Å². The third kappa shape index (κ3) is 6.17. The van der Waals surface area contributed by atoms with Gasteiger partial charge in [-0.05, 0) is 116 Å². The van der Waals surface area contributed by atoms with Gasteiger partial charge in [0.25, 0.3) is 10.1 Å². The summed E-state index contributed by atoms with van der Waals surface area (Å²) in [6.45, 7) is 18.8. The summed E-state index contributed by atoms with van der Waals surface area (Å²) < 4.78 is 40.6. The van der Waals surface area contributed by atoms with Crippen molar-refractivity contribution in [2.45, 2.75) is 113 Å². The van der Waals surface area contributed by atoms with Gasteiger partial charge < -0.3 is 14.3 Å². The number of nitrogens with zero attached hydrogens (tertiary/aromatic N) is 1. The molecular formula is C37H57NO9S. The number of carbonyl (C=O) groups excluding carboxylic acids is 3. The van der Waals surface area contributed by atoms with Crippen molar-refractivity contribution in [2.75, 3.05) is 26.1 Å². The van der Waals surface area contributed by atoms with E-state index in [9.17, 15) is 22.8 Å². The van der Waals surface area contributed by atoms with Gasteiger partial charge in [0.15, 0.2) is 0 Å². The first-order chi connectivity index (χ1) is 22.2. The normalized spacial score (nSPS) is 42.8. The number of carbonyl (C=O) groups is 3. The Labute approximate surface area is 287 Å². The van der Waals surface area contributed by atoms with Gasteiger partial charge >= 0.3 is 17.9 Å². The van der Waals surface area contributed by atoms with Gasteiger partial charge in [-0.2, -0.15) is 8.42 Å². The SMILES string of the molecule is C=C(COS(C)(=O)=O)[C@@H]1CC[C@]2(COC(C)=O)CC[C@]3(C)[C@H](CC[C@@H]4[C@@]5(C)CC/C(=N/OC(C)=O)[C@@](C)(COC(C)=O)[C@@H]5CC[C@]43C)[C@@H]12. The molecule has 0 spiro atoms. The molecule has 0 aromatic rings. The molecule has 5 aliphatic rings. The topological polar surface area (TPSA) is 135 Å². The summed E-state index contributed by atoms with van der Waals surface area (Å²) in [6, 6.07) is 0. The van der Waals surface area contributed by atoms with Crippen LogP contribution in [0.2, 0.25) is 0 Å². The molecule has 48 heavy (non-hydrogen) atoms. The summed E-state index contributed by atoms with van der Waals surface area (Å²) in [5, 5.41) is 4.35. The molecule has 10 nitrogen and oxygen atoms in total. The maximum absolute atomic E-state index is 12.1. The quantitative estimate of drug-likeness (QED) is 0.0859. The van der Waals surface area contributed by atoms with E-state index in [2.05, 4.69) is 39.4 Å². The van der Waals surface area contributed by atoms with Crippen LogP contribution in [0.1, 0.15) is 113 Å². The molecule has 0 amide bonds. The van der Waals surface area contributed by atoms with Gasteiger partial charge in [-0.25, -0.2) is 4.79 Å². The van der Waals surface area contributed by atoms with E-state index < -0.39 is 21.5 Å². The van der Waals surface area contributed by atoms with Crippen LogP contribution in [0, 0.1) is 56.7 Å². The van der Waals surface area contributed by atoms with E-state index in [-0.39, 0.29) is 64.6 Å². The van der Waals surface area contributed by atoms with Crippen LogP contribution < -0.4 is 0 Å². The van der Waals surface area contributed by atoms with Crippen LogP contribution in [0.3, 0.4) is 0 Å². The maximum Gasteiger partial charge on any atom is 0.331 e. The fourth-order valence-corrected chi connectivity index (χ4v) is 12.7. The molecule has 0 radical (unpaired) electrons. The largest absolute Gasteiger partial charge is 0.465 e. The molecule has 5 rings (SSSR count).